The quantitative estimate of drug-likeness (QED) is 0.927. The zero-order valence-electron chi connectivity index (χ0n) is 14.6. The fraction of sp³-hybridized carbons (Fsp3) is 0.450. The van der Waals surface area contributed by atoms with E-state index in [1.165, 1.54) is 5.56 Å². The van der Waals surface area contributed by atoms with E-state index in [1.54, 1.807) is 7.11 Å². The Morgan fingerprint density at radius 3 is 3.04 bits per heavy atom. The average Bonchev–Trinajstić information content (AvgIpc) is 3.04. The molecule has 1 aromatic carbocycles. The van der Waals surface area contributed by atoms with Crippen molar-refractivity contribution in [1.82, 2.24) is 10.3 Å². The van der Waals surface area contributed by atoms with Gasteiger partial charge in [-0.2, -0.15) is 0 Å². The van der Waals surface area contributed by atoms with E-state index in [1.807, 2.05) is 30.5 Å². The molecule has 0 aliphatic carbocycles. The number of pyridine rings is 1. The molecule has 0 saturated carbocycles. The zero-order chi connectivity index (χ0) is 17.1. The summed E-state index contributed by atoms with van der Waals surface area (Å²) >= 11 is 0. The number of aromatic nitrogens is 1. The Kier molecular flexibility index (Phi) is 4.74. The molecule has 1 saturated heterocycles. The number of nitrogens with zero attached hydrogens (tertiary/aromatic N) is 2. The summed E-state index contributed by atoms with van der Waals surface area (Å²) < 4.78 is 11.3. The summed E-state index contributed by atoms with van der Waals surface area (Å²) in [6.07, 6.45) is 5.14. The number of fused-ring (bicyclic) bond motifs is 1. The van der Waals surface area contributed by atoms with E-state index in [4.69, 9.17) is 9.47 Å². The minimum Gasteiger partial charge on any atom is -0.497 e. The second kappa shape index (κ2) is 7.31. The molecule has 2 aliphatic rings. The molecular weight excluding hydrogens is 314 g/mol. The van der Waals surface area contributed by atoms with E-state index in [2.05, 4.69) is 27.3 Å². The minimum absolute atomic E-state index is 0.307. The van der Waals surface area contributed by atoms with E-state index in [-0.39, 0.29) is 0 Å². The van der Waals surface area contributed by atoms with Gasteiger partial charge in [0.15, 0.2) is 0 Å². The number of methoxy groups -OCH3 is 1. The monoisotopic (exact) mass is 339 g/mol. The van der Waals surface area contributed by atoms with Crippen LogP contribution in [0.2, 0.25) is 0 Å². The van der Waals surface area contributed by atoms with Crippen molar-refractivity contribution in [2.24, 2.45) is 0 Å². The maximum absolute atomic E-state index is 5.92. The van der Waals surface area contributed by atoms with Gasteiger partial charge in [0.1, 0.15) is 17.3 Å². The number of benzene rings is 1. The summed E-state index contributed by atoms with van der Waals surface area (Å²) in [5.74, 6) is 2.94. The van der Waals surface area contributed by atoms with Gasteiger partial charge in [-0.15, -0.1) is 0 Å². The normalized spacial score (nSPS) is 22.8. The van der Waals surface area contributed by atoms with E-state index in [9.17, 15) is 0 Å². The van der Waals surface area contributed by atoms with Gasteiger partial charge in [-0.25, -0.2) is 4.98 Å². The Labute approximate surface area is 149 Å². The molecule has 1 N–H and O–H groups in total. The molecule has 1 aromatic heterocycles. The number of ether oxygens (including phenoxy) is 2. The summed E-state index contributed by atoms with van der Waals surface area (Å²) in [5.41, 5.74) is 1.22. The fourth-order valence-electron chi connectivity index (χ4n) is 3.79. The highest BCUT2D eigenvalue weighted by atomic mass is 16.5. The molecule has 0 amide bonds. The molecule has 2 aromatic rings. The number of anilines is 1. The van der Waals surface area contributed by atoms with Crippen molar-refractivity contribution in [3.63, 3.8) is 0 Å². The van der Waals surface area contributed by atoms with Crippen LogP contribution in [0.3, 0.4) is 0 Å². The molecule has 0 unspecified atom stereocenters. The van der Waals surface area contributed by atoms with Gasteiger partial charge >= 0.3 is 0 Å². The van der Waals surface area contributed by atoms with Crippen LogP contribution in [-0.4, -0.2) is 37.8 Å². The number of rotatable bonds is 4. The van der Waals surface area contributed by atoms with Crippen molar-refractivity contribution in [2.75, 3.05) is 31.7 Å². The van der Waals surface area contributed by atoms with Gasteiger partial charge in [0.2, 0.25) is 0 Å². The molecule has 2 atom stereocenters. The molecule has 0 bridgehead atoms. The first kappa shape index (κ1) is 16.2. The van der Waals surface area contributed by atoms with Crippen LogP contribution in [0.4, 0.5) is 5.82 Å². The van der Waals surface area contributed by atoms with Crippen LogP contribution in [0.5, 0.6) is 11.5 Å². The van der Waals surface area contributed by atoms with Gasteiger partial charge in [0.25, 0.3) is 0 Å². The highest BCUT2D eigenvalue weighted by Crippen LogP contribution is 2.35. The Hall–Kier alpha value is -2.27. The lowest BCUT2D eigenvalue weighted by Gasteiger charge is -2.24. The van der Waals surface area contributed by atoms with Crippen molar-refractivity contribution in [3.05, 3.63) is 48.2 Å². The zero-order valence-corrected chi connectivity index (χ0v) is 14.6. The lowest BCUT2D eigenvalue weighted by atomic mass is 10.0. The van der Waals surface area contributed by atoms with Gasteiger partial charge < -0.3 is 19.7 Å². The van der Waals surface area contributed by atoms with Crippen molar-refractivity contribution >= 4 is 5.82 Å². The van der Waals surface area contributed by atoms with Crippen molar-refractivity contribution in [2.45, 2.75) is 31.3 Å². The molecule has 0 radical (unpaired) electrons. The van der Waals surface area contributed by atoms with E-state index in [0.717, 1.165) is 56.3 Å². The Bertz CT molecular complexity index is 707. The third kappa shape index (κ3) is 3.56. The Balaban J connectivity index is 1.48. The van der Waals surface area contributed by atoms with Crippen LogP contribution in [0.15, 0.2) is 42.6 Å². The smallest absolute Gasteiger partial charge is 0.128 e. The molecule has 5 heteroatoms. The maximum atomic E-state index is 5.92. The van der Waals surface area contributed by atoms with Crippen molar-refractivity contribution in [3.8, 4) is 11.5 Å². The molecule has 25 heavy (non-hydrogen) atoms. The van der Waals surface area contributed by atoms with Crippen molar-refractivity contribution in [1.29, 1.82) is 0 Å². The molecule has 0 spiro atoms. The predicted molar refractivity (Wildman–Crippen MR) is 98.5 cm³/mol. The number of hydrogen-bond acceptors (Lipinski definition) is 5. The molecule has 2 aliphatic heterocycles. The van der Waals surface area contributed by atoms with Gasteiger partial charge in [0.05, 0.1) is 13.7 Å². The van der Waals surface area contributed by atoms with Gasteiger partial charge in [-0.3, -0.25) is 0 Å². The highest BCUT2D eigenvalue weighted by Gasteiger charge is 2.28. The van der Waals surface area contributed by atoms with E-state index in [0.29, 0.717) is 12.1 Å². The second-order valence-electron chi connectivity index (χ2n) is 6.73. The van der Waals surface area contributed by atoms with Gasteiger partial charge in [0, 0.05) is 36.9 Å². The largest absolute Gasteiger partial charge is 0.497 e. The first-order chi connectivity index (χ1) is 12.3. The first-order valence-corrected chi connectivity index (χ1v) is 9.06. The molecule has 1 fully saturated rings. The van der Waals surface area contributed by atoms with Crippen LogP contribution < -0.4 is 19.7 Å². The third-order valence-corrected chi connectivity index (χ3v) is 5.09. The summed E-state index contributed by atoms with van der Waals surface area (Å²) in [4.78, 5) is 6.84. The average molecular weight is 339 g/mol. The predicted octanol–water partition coefficient (Wildman–Crippen LogP) is 3.17. The fourth-order valence-corrected chi connectivity index (χ4v) is 3.79. The number of nitrogens with one attached hydrogen (secondary N) is 1. The summed E-state index contributed by atoms with van der Waals surface area (Å²) in [6.45, 7) is 2.82. The van der Waals surface area contributed by atoms with Crippen LogP contribution in [0.25, 0.3) is 0 Å². The molecule has 5 nitrogen and oxygen atoms in total. The summed E-state index contributed by atoms with van der Waals surface area (Å²) in [6, 6.07) is 13.0. The molecule has 132 valence electrons. The highest BCUT2D eigenvalue weighted by molar-refractivity contribution is 5.43. The second-order valence-corrected chi connectivity index (χ2v) is 6.73. The standard InChI is InChI=1S/C20H25N3O2/c1-24-16-7-8-19-17(13-16)18(5-4-12-25-19)22-15-9-11-23(14-15)20-6-2-3-10-21-20/h2-3,6-8,10,13,15,18,22H,4-5,9,11-12,14H2,1H3/t15-,18-/m0/s1. The Morgan fingerprint density at radius 2 is 2.20 bits per heavy atom. The van der Waals surface area contributed by atoms with Crippen molar-refractivity contribution < 1.29 is 9.47 Å². The topological polar surface area (TPSA) is 46.6 Å². The van der Waals surface area contributed by atoms with Crippen LogP contribution in [0, 0.1) is 0 Å². The van der Waals surface area contributed by atoms with Crippen LogP contribution in [-0.2, 0) is 0 Å². The van der Waals surface area contributed by atoms with Crippen LogP contribution in [0.1, 0.15) is 30.9 Å². The Morgan fingerprint density at radius 1 is 1.24 bits per heavy atom. The lowest BCUT2D eigenvalue weighted by molar-refractivity contribution is 0.314. The summed E-state index contributed by atoms with van der Waals surface area (Å²) in [7, 11) is 1.71. The molecular formula is C20H25N3O2. The van der Waals surface area contributed by atoms with E-state index >= 15 is 0 Å². The summed E-state index contributed by atoms with van der Waals surface area (Å²) in [5, 5.41) is 3.86. The first-order valence-electron chi connectivity index (χ1n) is 9.06. The van der Waals surface area contributed by atoms with Crippen LogP contribution >= 0.6 is 0 Å². The van der Waals surface area contributed by atoms with E-state index < -0.39 is 0 Å². The van der Waals surface area contributed by atoms with Gasteiger partial charge in [-0.1, -0.05) is 6.07 Å². The maximum Gasteiger partial charge on any atom is 0.128 e. The molecule has 3 heterocycles. The van der Waals surface area contributed by atoms with Gasteiger partial charge in [-0.05, 0) is 49.6 Å². The molecule has 4 rings (SSSR count). The SMILES string of the molecule is COc1ccc2c(c1)[C@@H](N[C@H]1CCN(c3ccccn3)C1)CCCO2. The minimum atomic E-state index is 0.307. The lowest BCUT2D eigenvalue weighted by Crippen LogP contribution is -2.35. The number of hydrogen-bond donors (Lipinski definition) is 1. The third-order valence-electron chi connectivity index (χ3n) is 5.09.